The molecule has 0 saturated heterocycles. The topological polar surface area (TPSA) is 27.1 Å². The Bertz CT molecular complexity index is 1020. The second-order valence-electron chi connectivity index (χ2n) is 6.00. The first-order valence-corrected chi connectivity index (χ1v) is 9.55. The Morgan fingerprint density at radius 3 is 2.73 bits per heavy atom. The van der Waals surface area contributed by atoms with Gasteiger partial charge in [0, 0.05) is 0 Å². The second kappa shape index (κ2) is 7.58. The van der Waals surface area contributed by atoms with E-state index in [1.54, 1.807) is 11.3 Å². The number of ether oxygens (including phenoxy) is 1. The summed E-state index contributed by atoms with van der Waals surface area (Å²) in [6, 6.07) is 20.6. The van der Waals surface area contributed by atoms with E-state index in [2.05, 4.69) is 52.9 Å². The maximum atomic E-state index is 6.09. The molecule has 4 heteroatoms. The monoisotopic (exact) mass is 360 g/mol. The molecular weight excluding hydrogens is 340 g/mol. The molecule has 130 valence electrons. The number of hydrogen-bond acceptors (Lipinski definition) is 3. The van der Waals surface area contributed by atoms with Crippen LogP contribution in [0.4, 0.5) is 0 Å². The van der Waals surface area contributed by atoms with E-state index in [1.165, 1.54) is 4.88 Å². The second-order valence-corrected chi connectivity index (χ2v) is 6.95. The van der Waals surface area contributed by atoms with E-state index >= 15 is 0 Å². The van der Waals surface area contributed by atoms with Crippen molar-refractivity contribution in [2.45, 2.75) is 13.0 Å². The molecule has 0 bridgehead atoms. The SMILES string of the molecule is C=CCc1ccccc1OCCn1c(-c2cccs2)nc2ccccc21. The standard InChI is InChI=1S/C22H20N2OS/c1-2-8-17-9-3-6-12-20(17)25-15-14-24-19-11-5-4-10-18(19)23-22(24)21-13-7-16-26-21/h2-7,9-13,16H,1,8,14-15H2. The molecule has 4 rings (SSSR count). The van der Waals surface area contributed by atoms with Gasteiger partial charge in [-0.2, -0.15) is 0 Å². The van der Waals surface area contributed by atoms with Crippen molar-refractivity contribution in [3.8, 4) is 16.5 Å². The van der Waals surface area contributed by atoms with Crippen molar-refractivity contribution in [2.75, 3.05) is 6.61 Å². The van der Waals surface area contributed by atoms with Crippen molar-refractivity contribution in [1.82, 2.24) is 9.55 Å². The number of benzene rings is 2. The van der Waals surface area contributed by atoms with Gasteiger partial charge in [0.2, 0.25) is 0 Å². The number of nitrogens with zero attached hydrogens (tertiary/aromatic N) is 2. The van der Waals surface area contributed by atoms with Gasteiger partial charge in [-0.25, -0.2) is 4.98 Å². The van der Waals surface area contributed by atoms with E-state index < -0.39 is 0 Å². The van der Waals surface area contributed by atoms with Gasteiger partial charge in [-0.15, -0.1) is 17.9 Å². The highest BCUT2D eigenvalue weighted by molar-refractivity contribution is 7.13. The third-order valence-corrected chi connectivity index (χ3v) is 5.17. The predicted octanol–water partition coefficient (Wildman–Crippen LogP) is 5.57. The van der Waals surface area contributed by atoms with Crippen molar-refractivity contribution in [3.05, 3.63) is 84.3 Å². The van der Waals surface area contributed by atoms with Crippen LogP contribution in [0.25, 0.3) is 21.7 Å². The van der Waals surface area contributed by atoms with E-state index in [0.717, 1.165) is 41.1 Å². The van der Waals surface area contributed by atoms with Crippen molar-refractivity contribution in [2.24, 2.45) is 0 Å². The van der Waals surface area contributed by atoms with E-state index in [9.17, 15) is 0 Å². The first kappa shape index (κ1) is 16.6. The van der Waals surface area contributed by atoms with Gasteiger partial charge >= 0.3 is 0 Å². The lowest BCUT2D eigenvalue weighted by molar-refractivity contribution is 0.298. The lowest BCUT2D eigenvalue weighted by Gasteiger charge is -2.12. The Morgan fingerprint density at radius 2 is 1.88 bits per heavy atom. The Morgan fingerprint density at radius 1 is 1.04 bits per heavy atom. The molecule has 2 aromatic carbocycles. The van der Waals surface area contributed by atoms with Gasteiger partial charge in [0.1, 0.15) is 12.4 Å². The predicted molar refractivity (Wildman–Crippen MR) is 109 cm³/mol. The molecule has 0 unspecified atom stereocenters. The minimum Gasteiger partial charge on any atom is -0.491 e. The van der Waals surface area contributed by atoms with Crippen molar-refractivity contribution >= 4 is 22.4 Å². The number of fused-ring (bicyclic) bond motifs is 1. The zero-order valence-electron chi connectivity index (χ0n) is 14.5. The fourth-order valence-electron chi connectivity index (χ4n) is 3.11. The average molecular weight is 360 g/mol. The lowest BCUT2D eigenvalue weighted by Crippen LogP contribution is -2.10. The molecule has 2 heterocycles. The summed E-state index contributed by atoms with van der Waals surface area (Å²) in [6.07, 6.45) is 2.71. The number of para-hydroxylation sites is 3. The molecule has 0 radical (unpaired) electrons. The molecule has 0 fully saturated rings. The summed E-state index contributed by atoms with van der Waals surface area (Å²) in [7, 11) is 0. The summed E-state index contributed by atoms with van der Waals surface area (Å²) in [6.45, 7) is 5.16. The van der Waals surface area contributed by atoms with Gasteiger partial charge in [0.05, 0.1) is 22.5 Å². The molecule has 3 nitrogen and oxygen atoms in total. The molecule has 0 aliphatic rings. The Hall–Kier alpha value is -2.85. The molecule has 0 amide bonds. The lowest BCUT2D eigenvalue weighted by atomic mass is 10.1. The minimum absolute atomic E-state index is 0.590. The number of hydrogen-bond donors (Lipinski definition) is 0. The average Bonchev–Trinajstić information content (AvgIpc) is 3.31. The highest BCUT2D eigenvalue weighted by atomic mass is 32.1. The summed E-state index contributed by atoms with van der Waals surface area (Å²) in [5, 5.41) is 2.08. The quantitative estimate of drug-likeness (QED) is 0.403. The Labute approximate surface area is 157 Å². The van der Waals surface area contributed by atoms with Crippen LogP contribution < -0.4 is 4.74 Å². The zero-order chi connectivity index (χ0) is 17.8. The summed E-state index contributed by atoms with van der Waals surface area (Å²) in [5.41, 5.74) is 3.32. The molecule has 0 atom stereocenters. The highest BCUT2D eigenvalue weighted by Gasteiger charge is 2.13. The maximum Gasteiger partial charge on any atom is 0.151 e. The molecule has 0 N–H and O–H groups in total. The van der Waals surface area contributed by atoms with Crippen LogP contribution in [0.15, 0.2) is 78.7 Å². The number of allylic oxidation sites excluding steroid dienone is 1. The summed E-state index contributed by atoms with van der Waals surface area (Å²) >= 11 is 1.71. The third-order valence-electron chi connectivity index (χ3n) is 4.31. The van der Waals surface area contributed by atoms with Crippen LogP contribution in [0.3, 0.4) is 0 Å². The molecule has 2 aromatic heterocycles. The van der Waals surface area contributed by atoms with Crippen molar-refractivity contribution in [3.63, 3.8) is 0 Å². The van der Waals surface area contributed by atoms with E-state index in [4.69, 9.17) is 9.72 Å². The molecule has 0 aliphatic carbocycles. The van der Waals surface area contributed by atoms with E-state index in [1.807, 2.05) is 30.3 Å². The zero-order valence-corrected chi connectivity index (χ0v) is 15.3. The van der Waals surface area contributed by atoms with Crippen LogP contribution in [-0.2, 0) is 13.0 Å². The number of aromatic nitrogens is 2. The van der Waals surface area contributed by atoms with Crippen LogP contribution in [0.1, 0.15) is 5.56 Å². The first-order valence-electron chi connectivity index (χ1n) is 8.67. The third kappa shape index (κ3) is 3.28. The van der Waals surface area contributed by atoms with Crippen LogP contribution in [0, 0.1) is 0 Å². The Kier molecular flexibility index (Phi) is 4.84. The molecule has 4 aromatic rings. The smallest absolute Gasteiger partial charge is 0.151 e. The van der Waals surface area contributed by atoms with Crippen LogP contribution in [-0.4, -0.2) is 16.2 Å². The van der Waals surface area contributed by atoms with Gasteiger partial charge in [0.25, 0.3) is 0 Å². The largest absolute Gasteiger partial charge is 0.491 e. The summed E-state index contributed by atoms with van der Waals surface area (Å²) in [5.74, 6) is 1.93. The van der Waals surface area contributed by atoms with Crippen LogP contribution in [0.5, 0.6) is 5.75 Å². The maximum absolute atomic E-state index is 6.09. The normalized spacial score (nSPS) is 10.9. The van der Waals surface area contributed by atoms with Gasteiger partial charge in [-0.1, -0.05) is 42.5 Å². The fraction of sp³-hybridized carbons (Fsp3) is 0.136. The first-order chi connectivity index (χ1) is 12.9. The number of imidazole rings is 1. The van der Waals surface area contributed by atoms with Gasteiger partial charge < -0.3 is 9.30 Å². The number of rotatable bonds is 7. The summed E-state index contributed by atoms with van der Waals surface area (Å²) < 4.78 is 8.34. The number of thiophene rings is 1. The van der Waals surface area contributed by atoms with E-state index in [-0.39, 0.29) is 0 Å². The molecule has 0 spiro atoms. The van der Waals surface area contributed by atoms with Crippen molar-refractivity contribution in [1.29, 1.82) is 0 Å². The molecule has 26 heavy (non-hydrogen) atoms. The Balaban J connectivity index is 1.60. The fourth-order valence-corrected chi connectivity index (χ4v) is 3.83. The molecule has 0 aliphatic heterocycles. The molecular formula is C22H20N2OS. The van der Waals surface area contributed by atoms with Gasteiger partial charge in [-0.3, -0.25) is 0 Å². The molecule has 0 saturated carbocycles. The van der Waals surface area contributed by atoms with Gasteiger partial charge in [-0.05, 0) is 41.6 Å². The highest BCUT2D eigenvalue weighted by Crippen LogP contribution is 2.28. The summed E-state index contributed by atoms with van der Waals surface area (Å²) in [4.78, 5) is 6.01. The van der Waals surface area contributed by atoms with E-state index in [0.29, 0.717) is 6.61 Å². The van der Waals surface area contributed by atoms with Gasteiger partial charge in [0.15, 0.2) is 5.82 Å². The van der Waals surface area contributed by atoms with Crippen LogP contribution >= 0.6 is 11.3 Å². The minimum atomic E-state index is 0.590. The van der Waals surface area contributed by atoms with Crippen molar-refractivity contribution < 1.29 is 4.74 Å². The van der Waals surface area contributed by atoms with Crippen LogP contribution in [0.2, 0.25) is 0 Å².